The van der Waals surface area contributed by atoms with E-state index in [1.165, 1.54) is 16.8 Å². The molecule has 0 saturated heterocycles. The van der Waals surface area contributed by atoms with Gasteiger partial charge in [-0.15, -0.1) is 5.10 Å². The molecular weight excluding hydrogens is 394 g/mol. The van der Waals surface area contributed by atoms with Crippen molar-refractivity contribution in [1.29, 1.82) is 0 Å². The molecule has 0 aliphatic carbocycles. The van der Waals surface area contributed by atoms with E-state index in [2.05, 4.69) is 25.5 Å². The maximum atomic E-state index is 13.9. The molecule has 10 heteroatoms. The molecule has 5 rings (SSSR count). The molecule has 1 aromatic carbocycles. The van der Waals surface area contributed by atoms with E-state index >= 15 is 0 Å². The van der Waals surface area contributed by atoms with Crippen LogP contribution in [0.4, 0.5) is 14.7 Å². The summed E-state index contributed by atoms with van der Waals surface area (Å²) in [6, 6.07) is 12.8. The van der Waals surface area contributed by atoms with Gasteiger partial charge in [0, 0.05) is 22.7 Å². The Balaban J connectivity index is 1.38. The first-order chi connectivity index (χ1) is 14.6. The maximum absolute atomic E-state index is 13.9. The predicted molar refractivity (Wildman–Crippen MR) is 102 cm³/mol. The lowest BCUT2D eigenvalue weighted by molar-refractivity contribution is -0.115. The lowest BCUT2D eigenvalue weighted by Crippen LogP contribution is -2.15. The number of benzene rings is 1. The summed E-state index contributed by atoms with van der Waals surface area (Å²) < 4.78 is 33.6. The van der Waals surface area contributed by atoms with Crippen LogP contribution in [0.5, 0.6) is 0 Å². The van der Waals surface area contributed by atoms with Gasteiger partial charge in [0.25, 0.3) is 0 Å². The number of hydrogen-bond donors (Lipinski definition) is 1. The van der Waals surface area contributed by atoms with Gasteiger partial charge in [0.1, 0.15) is 5.69 Å². The zero-order chi connectivity index (χ0) is 20.7. The van der Waals surface area contributed by atoms with Crippen molar-refractivity contribution in [3.8, 4) is 11.1 Å². The van der Waals surface area contributed by atoms with Crippen LogP contribution in [0.2, 0.25) is 0 Å². The van der Waals surface area contributed by atoms with Crippen molar-refractivity contribution >= 4 is 28.5 Å². The topological polar surface area (TPSA) is 98.2 Å². The molecule has 1 N–H and O–H groups in total. The Morgan fingerprint density at radius 3 is 2.80 bits per heavy atom. The predicted octanol–water partition coefficient (Wildman–Crippen LogP) is 3.39. The number of carbonyl (C=O) groups is 1. The van der Waals surface area contributed by atoms with E-state index in [4.69, 9.17) is 4.52 Å². The summed E-state index contributed by atoms with van der Waals surface area (Å²) in [5.74, 6) is -2.10. The van der Waals surface area contributed by atoms with Crippen molar-refractivity contribution in [1.82, 2.24) is 24.7 Å². The number of hydrogen-bond acceptors (Lipinski definition) is 6. The largest absolute Gasteiger partial charge is 0.356 e. The van der Waals surface area contributed by atoms with E-state index < -0.39 is 11.9 Å². The first kappa shape index (κ1) is 17.9. The summed E-state index contributed by atoms with van der Waals surface area (Å²) >= 11 is 0. The first-order valence-electron chi connectivity index (χ1n) is 8.89. The average molecular weight is 406 g/mol. The fourth-order valence-corrected chi connectivity index (χ4v) is 3.11. The number of para-hydroxylation sites is 1. The molecule has 0 fully saturated rings. The van der Waals surface area contributed by atoms with Crippen molar-refractivity contribution in [2.45, 2.75) is 6.42 Å². The van der Waals surface area contributed by atoms with E-state index in [9.17, 15) is 13.6 Å². The number of nitrogens with one attached hydrogen (secondary N) is 1. The third-order valence-electron chi connectivity index (χ3n) is 4.49. The van der Waals surface area contributed by atoms with E-state index in [1.54, 1.807) is 18.2 Å². The quantitative estimate of drug-likeness (QED) is 0.460. The van der Waals surface area contributed by atoms with E-state index in [1.807, 2.05) is 18.2 Å². The summed E-state index contributed by atoms with van der Waals surface area (Å²) in [7, 11) is 0. The number of pyridine rings is 2. The summed E-state index contributed by atoms with van der Waals surface area (Å²) in [6.45, 7) is 0. The second-order valence-electron chi connectivity index (χ2n) is 6.48. The highest BCUT2D eigenvalue weighted by molar-refractivity contribution is 5.93. The van der Waals surface area contributed by atoms with Crippen LogP contribution in [0, 0.1) is 11.9 Å². The van der Waals surface area contributed by atoms with Gasteiger partial charge in [-0.3, -0.25) is 10.1 Å². The van der Waals surface area contributed by atoms with Crippen LogP contribution >= 0.6 is 0 Å². The first-order valence-corrected chi connectivity index (χ1v) is 8.89. The molecule has 1 amide bonds. The van der Waals surface area contributed by atoms with Crippen molar-refractivity contribution in [2.75, 3.05) is 5.32 Å². The van der Waals surface area contributed by atoms with Crippen LogP contribution in [-0.2, 0) is 11.2 Å². The average Bonchev–Trinajstić information content (AvgIpc) is 3.31. The summed E-state index contributed by atoms with van der Waals surface area (Å²) in [6.07, 6.45) is 1.51. The minimum atomic E-state index is -0.928. The number of amides is 1. The van der Waals surface area contributed by atoms with Crippen molar-refractivity contribution < 1.29 is 18.1 Å². The number of carbonyl (C=O) groups excluding carboxylic acids is 1. The van der Waals surface area contributed by atoms with Gasteiger partial charge in [0.05, 0.1) is 6.42 Å². The fraction of sp³-hybridized carbons (Fsp3) is 0.0500. The molecule has 0 aliphatic heterocycles. The SMILES string of the molecule is O=C(Cc1noc2ccccc12)Nc1nc2ccc(-c3ccc(F)nc3F)cn2n1. The molecule has 8 nitrogen and oxygen atoms in total. The maximum Gasteiger partial charge on any atom is 0.249 e. The fourth-order valence-electron chi connectivity index (χ4n) is 3.11. The second-order valence-corrected chi connectivity index (χ2v) is 6.48. The molecule has 0 radical (unpaired) electrons. The van der Waals surface area contributed by atoms with Crippen LogP contribution in [0.3, 0.4) is 0 Å². The van der Waals surface area contributed by atoms with Crippen LogP contribution in [-0.4, -0.2) is 30.6 Å². The van der Waals surface area contributed by atoms with Crippen molar-refractivity contribution in [3.05, 3.63) is 72.3 Å². The van der Waals surface area contributed by atoms with Gasteiger partial charge in [0.15, 0.2) is 11.2 Å². The second kappa shape index (κ2) is 6.99. The van der Waals surface area contributed by atoms with E-state index in [0.29, 0.717) is 22.5 Å². The minimum Gasteiger partial charge on any atom is -0.356 e. The Labute approximate surface area is 167 Å². The third-order valence-corrected chi connectivity index (χ3v) is 4.49. The molecule has 30 heavy (non-hydrogen) atoms. The standard InChI is InChI=1S/C20H12F2N6O2/c21-16-7-6-12(19(22)23-16)11-5-8-17-24-20(26-28(17)10-11)25-18(29)9-14-13-3-1-2-4-15(13)30-27-14/h1-8,10H,9H2,(H,25,26,29). The highest BCUT2D eigenvalue weighted by Crippen LogP contribution is 2.23. The normalized spacial score (nSPS) is 11.3. The van der Waals surface area contributed by atoms with Gasteiger partial charge in [-0.05, 0) is 36.4 Å². The summed E-state index contributed by atoms with van der Waals surface area (Å²) in [5.41, 5.74) is 2.10. The molecule has 0 atom stereocenters. The molecule has 0 unspecified atom stereocenters. The lowest BCUT2D eigenvalue weighted by Gasteiger charge is -2.02. The van der Waals surface area contributed by atoms with Crippen LogP contribution in [0.15, 0.2) is 59.3 Å². The van der Waals surface area contributed by atoms with Crippen LogP contribution in [0.25, 0.3) is 27.7 Å². The minimum absolute atomic E-state index is 0.00965. The smallest absolute Gasteiger partial charge is 0.249 e. The van der Waals surface area contributed by atoms with Gasteiger partial charge < -0.3 is 4.52 Å². The molecule has 5 aromatic rings. The number of rotatable bonds is 4. The Morgan fingerprint density at radius 2 is 1.93 bits per heavy atom. The highest BCUT2D eigenvalue weighted by Gasteiger charge is 2.15. The number of anilines is 1. The number of fused-ring (bicyclic) bond motifs is 2. The van der Waals surface area contributed by atoms with Crippen molar-refractivity contribution in [2.24, 2.45) is 0 Å². The zero-order valence-electron chi connectivity index (χ0n) is 15.2. The molecule has 4 heterocycles. The van der Waals surface area contributed by atoms with E-state index in [0.717, 1.165) is 11.5 Å². The molecule has 4 aromatic heterocycles. The van der Waals surface area contributed by atoms with Crippen molar-refractivity contribution in [3.63, 3.8) is 0 Å². The number of aromatic nitrogens is 5. The lowest BCUT2D eigenvalue weighted by atomic mass is 10.1. The monoisotopic (exact) mass is 406 g/mol. The molecule has 0 bridgehead atoms. The molecule has 0 saturated carbocycles. The molecular formula is C20H12F2N6O2. The Morgan fingerprint density at radius 1 is 1.07 bits per heavy atom. The Hall–Kier alpha value is -4.21. The Kier molecular flexibility index (Phi) is 4.16. The van der Waals surface area contributed by atoms with Gasteiger partial charge in [-0.25, -0.2) is 4.52 Å². The highest BCUT2D eigenvalue weighted by atomic mass is 19.1. The van der Waals surface area contributed by atoms with Crippen LogP contribution < -0.4 is 5.32 Å². The molecule has 0 spiro atoms. The zero-order valence-corrected chi connectivity index (χ0v) is 15.2. The number of halogens is 2. The summed E-state index contributed by atoms with van der Waals surface area (Å²) in [5, 5.41) is 11.5. The number of nitrogens with zero attached hydrogens (tertiary/aromatic N) is 5. The van der Waals surface area contributed by atoms with Gasteiger partial charge >= 0.3 is 0 Å². The van der Waals surface area contributed by atoms with Gasteiger partial charge in [-0.1, -0.05) is 17.3 Å². The Bertz CT molecular complexity index is 1410. The van der Waals surface area contributed by atoms with Gasteiger partial charge in [0.2, 0.25) is 23.8 Å². The molecule has 148 valence electrons. The molecule has 0 aliphatic rings. The van der Waals surface area contributed by atoms with E-state index in [-0.39, 0.29) is 23.8 Å². The summed E-state index contributed by atoms with van der Waals surface area (Å²) in [4.78, 5) is 19.8. The third kappa shape index (κ3) is 3.24. The van der Waals surface area contributed by atoms with Gasteiger partial charge in [-0.2, -0.15) is 18.7 Å². The van der Waals surface area contributed by atoms with Crippen LogP contribution in [0.1, 0.15) is 5.69 Å².